The topological polar surface area (TPSA) is 34.1 Å². The lowest BCUT2D eigenvalue weighted by Crippen LogP contribution is -2.14. The summed E-state index contributed by atoms with van der Waals surface area (Å²) in [5, 5.41) is 7.01. The Hall–Kier alpha value is -1.10. The highest BCUT2D eigenvalue weighted by Crippen LogP contribution is 2.29. The molecule has 0 saturated carbocycles. The second-order valence-electron chi connectivity index (χ2n) is 4.58. The van der Waals surface area contributed by atoms with Gasteiger partial charge >= 0.3 is 0 Å². The second-order valence-corrected chi connectivity index (χ2v) is 5.93. The number of ether oxygens (including phenoxy) is 1. The fourth-order valence-corrected chi connectivity index (χ4v) is 2.79. The van der Waals surface area contributed by atoms with E-state index < -0.39 is 0 Å². The van der Waals surface area contributed by atoms with Crippen molar-refractivity contribution in [2.75, 3.05) is 6.54 Å². The predicted molar refractivity (Wildman–Crippen MR) is 84.6 cm³/mol. The third-order valence-corrected chi connectivity index (χ3v) is 4.04. The highest BCUT2D eigenvalue weighted by Gasteiger charge is 2.09. The molecule has 0 fully saturated rings. The largest absolute Gasteiger partial charge is 0.485 e. The lowest BCUT2D eigenvalue weighted by molar-refractivity contribution is 0.301. The monoisotopic (exact) mass is 310 g/mol. The van der Waals surface area contributed by atoms with Gasteiger partial charge in [-0.25, -0.2) is 4.98 Å². The van der Waals surface area contributed by atoms with E-state index in [2.05, 4.69) is 17.2 Å². The minimum atomic E-state index is 0.461. The summed E-state index contributed by atoms with van der Waals surface area (Å²) in [7, 11) is 0. The Morgan fingerprint density at radius 1 is 1.40 bits per heavy atom. The summed E-state index contributed by atoms with van der Waals surface area (Å²) in [6, 6.07) is 5.84. The first kappa shape index (κ1) is 15.3. The van der Waals surface area contributed by atoms with Crippen LogP contribution in [0.25, 0.3) is 0 Å². The van der Waals surface area contributed by atoms with Crippen LogP contribution in [0.3, 0.4) is 0 Å². The molecule has 1 N–H and O–H groups in total. The third-order valence-electron chi connectivity index (χ3n) is 2.80. The minimum Gasteiger partial charge on any atom is -0.485 e. The molecule has 0 aliphatic heterocycles. The number of halogens is 1. The second kappa shape index (κ2) is 7.62. The maximum absolute atomic E-state index is 6.24. The molecular formula is C15H19ClN2OS. The molecule has 0 unspecified atom stereocenters. The van der Waals surface area contributed by atoms with Crippen LogP contribution in [0.5, 0.6) is 5.75 Å². The van der Waals surface area contributed by atoms with Gasteiger partial charge in [0.15, 0.2) is 0 Å². The number of hydrogen-bond acceptors (Lipinski definition) is 4. The molecule has 0 spiro atoms. The van der Waals surface area contributed by atoms with Gasteiger partial charge in [-0.15, -0.1) is 11.3 Å². The van der Waals surface area contributed by atoms with Crippen molar-refractivity contribution in [3.05, 3.63) is 44.9 Å². The molecule has 108 valence electrons. The van der Waals surface area contributed by atoms with E-state index in [0.717, 1.165) is 41.5 Å². The van der Waals surface area contributed by atoms with E-state index in [1.54, 1.807) is 11.3 Å². The molecular weight excluding hydrogens is 292 g/mol. The molecule has 2 rings (SSSR count). The van der Waals surface area contributed by atoms with E-state index >= 15 is 0 Å². The Bertz CT molecular complexity index is 557. The Morgan fingerprint density at radius 3 is 2.95 bits per heavy atom. The lowest BCUT2D eigenvalue weighted by atomic mass is 10.2. The van der Waals surface area contributed by atoms with E-state index in [9.17, 15) is 0 Å². The van der Waals surface area contributed by atoms with Gasteiger partial charge in [-0.05, 0) is 26.0 Å². The van der Waals surface area contributed by atoms with Gasteiger partial charge < -0.3 is 10.1 Å². The molecule has 0 bridgehead atoms. The first-order valence-corrected chi connectivity index (χ1v) is 7.98. The number of nitrogens with one attached hydrogen (secondary N) is 1. The minimum absolute atomic E-state index is 0.461. The molecule has 0 radical (unpaired) electrons. The molecule has 0 saturated heterocycles. The summed E-state index contributed by atoms with van der Waals surface area (Å²) in [5.74, 6) is 0.755. The summed E-state index contributed by atoms with van der Waals surface area (Å²) >= 11 is 7.85. The van der Waals surface area contributed by atoms with Crippen molar-refractivity contribution in [2.45, 2.75) is 33.4 Å². The summed E-state index contributed by atoms with van der Waals surface area (Å²) in [5.41, 5.74) is 2.11. The predicted octanol–water partition coefficient (Wildman–Crippen LogP) is 4.18. The summed E-state index contributed by atoms with van der Waals surface area (Å²) < 4.78 is 5.87. The molecule has 5 heteroatoms. The SMILES string of the molecule is CCCNCc1cccc(Cl)c1OCc1nc(C)cs1. The van der Waals surface area contributed by atoms with Crippen LogP contribution in [0.4, 0.5) is 0 Å². The van der Waals surface area contributed by atoms with Crippen LogP contribution < -0.4 is 10.1 Å². The van der Waals surface area contributed by atoms with Gasteiger partial charge in [0.05, 0.1) is 5.02 Å². The van der Waals surface area contributed by atoms with Gasteiger partial charge in [-0.2, -0.15) is 0 Å². The van der Waals surface area contributed by atoms with E-state index in [1.807, 2.05) is 30.5 Å². The molecule has 0 amide bonds. The zero-order valence-electron chi connectivity index (χ0n) is 11.8. The molecule has 3 nitrogen and oxygen atoms in total. The molecule has 20 heavy (non-hydrogen) atoms. The van der Waals surface area contributed by atoms with Gasteiger partial charge in [0.2, 0.25) is 0 Å². The molecule has 1 heterocycles. The first-order chi connectivity index (χ1) is 9.70. The van der Waals surface area contributed by atoms with Crippen LogP contribution in [0.1, 0.15) is 29.6 Å². The number of aryl methyl sites for hydroxylation is 1. The number of aromatic nitrogens is 1. The molecule has 0 aliphatic carbocycles. The van der Waals surface area contributed by atoms with Gasteiger partial charge in [0, 0.05) is 23.2 Å². The van der Waals surface area contributed by atoms with Crippen LogP contribution in [0, 0.1) is 6.92 Å². The molecule has 0 atom stereocenters. The summed E-state index contributed by atoms with van der Waals surface area (Å²) in [6.07, 6.45) is 1.11. The van der Waals surface area contributed by atoms with E-state index in [-0.39, 0.29) is 0 Å². The first-order valence-electron chi connectivity index (χ1n) is 6.72. The van der Waals surface area contributed by atoms with Crippen molar-refractivity contribution in [2.24, 2.45) is 0 Å². The Labute approximate surface area is 129 Å². The van der Waals surface area contributed by atoms with E-state index in [4.69, 9.17) is 16.3 Å². The molecule has 0 aliphatic rings. The van der Waals surface area contributed by atoms with E-state index in [1.165, 1.54) is 0 Å². The number of hydrogen-bond donors (Lipinski definition) is 1. The number of nitrogens with zero attached hydrogens (tertiary/aromatic N) is 1. The number of rotatable bonds is 7. The highest BCUT2D eigenvalue weighted by atomic mass is 35.5. The summed E-state index contributed by atoms with van der Waals surface area (Å²) in [6.45, 7) is 6.34. The number of thiazole rings is 1. The highest BCUT2D eigenvalue weighted by molar-refractivity contribution is 7.09. The number of benzene rings is 1. The standard InChI is InChI=1S/C15H19ClN2OS/c1-3-7-17-8-12-5-4-6-13(16)15(12)19-9-14-18-11(2)10-20-14/h4-6,10,17H,3,7-9H2,1-2H3. The van der Waals surface area contributed by atoms with Gasteiger partial charge in [0.25, 0.3) is 0 Å². The van der Waals surface area contributed by atoms with Crippen LogP contribution in [-0.4, -0.2) is 11.5 Å². The molecule has 1 aromatic carbocycles. The third kappa shape index (κ3) is 4.20. The number of para-hydroxylation sites is 1. The smallest absolute Gasteiger partial charge is 0.143 e. The average molecular weight is 311 g/mol. The molecule has 1 aromatic heterocycles. The Kier molecular flexibility index (Phi) is 5.83. The fourth-order valence-electron chi connectivity index (χ4n) is 1.86. The zero-order valence-corrected chi connectivity index (χ0v) is 13.4. The van der Waals surface area contributed by atoms with Crippen molar-refractivity contribution in [3.8, 4) is 5.75 Å². The fraction of sp³-hybridized carbons (Fsp3) is 0.400. The van der Waals surface area contributed by atoms with Crippen LogP contribution in [0.2, 0.25) is 5.02 Å². The van der Waals surface area contributed by atoms with Crippen LogP contribution in [0.15, 0.2) is 23.6 Å². The zero-order chi connectivity index (χ0) is 14.4. The van der Waals surface area contributed by atoms with Crippen molar-refractivity contribution >= 4 is 22.9 Å². The van der Waals surface area contributed by atoms with Crippen molar-refractivity contribution in [1.29, 1.82) is 0 Å². The quantitative estimate of drug-likeness (QED) is 0.779. The van der Waals surface area contributed by atoms with Crippen LogP contribution >= 0.6 is 22.9 Å². The Morgan fingerprint density at radius 2 is 2.25 bits per heavy atom. The van der Waals surface area contributed by atoms with E-state index in [0.29, 0.717) is 11.6 Å². The summed E-state index contributed by atoms with van der Waals surface area (Å²) in [4.78, 5) is 4.40. The van der Waals surface area contributed by atoms with Crippen molar-refractivity contribution < 1.29 is 4.74 Å². The Balaban J connectivity index is 2.04. The normalized spacial score (nSPS) is 10.8. The maximum Gasteiger partial charge on any atom is 0.143 e. The lowest BCUT2D eigenvalue weighted by Gasteiger charge is -2.12. The van der Waals surface area contributed by atoms with Crippen molar-refractivity contribution in [3.63, 3.8) is 0 Å². The maximum atomic E-state index is 6.24. The van der Waals surface area contributed by atoms with Gasteiger partial charge in [-0.1, -0.05) is 30.7 Å². The molecule has 2 aromatic rings. The van der Waals surface area contributed by atoms with Crippen LogP contribution in [-0.2, 0) is 13.2 Å². The van der Waals surface area contributed by atoms with Gasteiger partial charge in [-0.3, -0.25) is 0 Å². The van der Waals surface area contributed by atoms with Gasteiger partial charge in [0.1, 0.15) is 17.4 Å². The average Bonchev–Trinajstić information content (AvgIpc) is 2.84. The van der Waals surface area contributed by atoms with Crippen molar-refractivity contribution in [1.82, 2.24) is 10.3 Å².